The van der Waals surface area contributed by atoms with Gasteiger partial charge in [-0.15, -0.1) is 5.10 Å². The monoisotopic (exact) mass is 472 g/mol. The maximum absolute atomic E-state index is 13.2. The zero-order valence-electron chi connectivity index (χ0n) is 17.6. The van der Waals surface area contributed by atoms with Crippen molar-refractivity contribution in [3.63, 3.8) is 0 Å². The fourth-order valence-electron chi connectivity index (χ4n) is 3.70. The van der Waals surface area contributed by atoms with E-state index in [9.17, 15) is 4.79 Å². The first-order valence-electron chi connectivity index (χ1n) is 10.3. The number of fused-ring (bicyclic) bond motifs is 1. The maximum Gasteiger partial charge on any atom is 0.295 e. The van der Waals surface area contributed by atoms with Gasteiger partial charge in [-0.2, -0.15) is 0 Å². The second-order valence-electron chi connectivity index (χ2n) is 7.54. The van der Waals surface area contributed by atoms with Gasteiger partial charge in [-0.1, -0.05) is 65.7 Å². The number of aromatic nitrogens is 3. The number of halogens is 2. The highest BCUT2D eigenvalue weighted by Crippen LogP contribution is 2.28. The molecule has 162 valence electrons. The van der Waals surface area contributed by atoms with Crippen LogP contribution in [0.1, 0.15) is 16.2 Å². The lowest BCUT2D eigenvalue weighted by Gasteiger charge is -2.10. The number of carbonyl (C=O) groups is 1. The highest BCUT2D eigenvalue weighted by Gasteiger charge is 2.21. The van der Waals surface area contributed by atoms with Gasteiger partial charge >= 0.3 is 0 Å². The molecule has 1 aromatic heterocycles. The first-order chi connectivity index (χ1) is 16.0. The molecule has 0 saturated carbocycles. The number of benzene rings is 4. The average Bonchev–Trinajstić information content (AvgIpc) is 3.27. The Morgan fingerprint density at radius 1 is 0.879 bits per heavy atom. The summed E-state index contributed by atoms with van der Waals surface area (Å²) >= 11 is 12.4. The summed E-state index contributed by atoms with van der Waals surface area (Å²) in [6.07, 6.45) is 0. The van der Waals surface area contributed by atoms with Crippen molar-refractivity contribution in [1.82, 2.24) is 14.8 Å². The summed E-state index contributed by atoms with van der Waals surface area (Å²) in [6, 6.07) is 26.4. The van der Waals surface area contributed by atoms with E-state index in [2.05, 4.69) is 15.4 Å². The zero-order valence-corrected chi connectivity index (χ0v) is 19.1. The Balaban J connectivity index is 1.60. The van der Waals surface area contributed by atoms with Gasteiger partial charge in [0.05, 0.1) is 5.69 Å². The van der Waals surface area contributed by atoms with Gasteiger partial charge in [-0.3, -0.25) is 4.79 Å². The SMILES string of the molecule is Cc1c(Cl)cccc1-n1nc(C(=O)Nc2cccc3ccccc23)nc1-c1ccc(Cl)cc1. The minimum absolute atomic E-state index is 0.0484. The van der Waals surface area contributed by atoms with Crippen molar-refractivity contribution in [2.45, 2.75) is 6.92 Å². The van der Waals surface area contributed by atoms with Crippen molar-refractivity contribution in [2.75, 3.05) is 5.32 Å². The number of amides is 1. The van der Waals surface area contributed by atoms with Gasteiger partial charge in [0.2, 0.25) is 5.82 Å². The molecule has 0 fully saturated rings. The van der Waals surface area contributed by atoms with E-state index in [0.717, 1.165) is 27.6 Å². The van der Waals surface area contributed by atoms with E-state index >= 15 is 0 Å². The Morgan fingerprint density at radius 2 is 1.61 bits per heavy atom. The number of hydrogen-bond donors (Lipinski definition) is 1. The average molecular weight is 473 g/mol. The summed E-state index contributed by atoms with van der Waals surface area (Å²) < 4.78 is 1.64. The molecule has 0 aliphatic rings. The molecule has 0 aliphatic carbocycles. The Morgan fingerprint density at radius 3 is 2.42 bits per heavy atom. The van der Waals surface area contributed by atoms with Crippen LogP contribution >= 0.6 is 23.2 Å². The topological polar surface area (TPSA) is 59.8 Å². The lowest BCUT2D eigenvalue weighted by molar-refractivity contribution is 0.101. The highest BCUT2D eigenvalue weighted by atomic mass is 35.5. The van der Waals surface area contributed by atoms with Crippen LogP contribution in [0.25, 0.3) is 27.8 Å². The van der Waals surface area contributed by atoms with Crippen LogP contribution in [0.2, 0.25) is 10.0 Å². The van der Waals surface area contributed by atoms with Crippen LogP contribution in [0.15, 0.2) is 84.9 Å². The Hall–Kier alpha value is -3.67. The molecule has 0 atom stereocenters. The third-order valence-electron chi connectivity index (χ3n) is 5.42. The standard InChI is InChI=1S/C26H18Cl2N4O/c1-16-21(28)9-5-11-23(16)32-25(18-12-14-19(27)15-13-18)30-24(31-32)26(33)29-22-10-4-7-17-6-2-3-8-20(17)22/h2-15H,1H3,(H,29,33). The molecule has 0 radical (unpaired) electrons. The van der Waals surface area contributed by atoms with Gasteiger partial charge in [0.25, 0.3) is 5.91 Å². The lowest BCUT2D eigenvalue weighted by Crippen LogP contribution is -2.14. The van der Waals surface area contributed by atoms with Crippen molar-refractivity contribution in [2.24, 2.45) is 0 Å². The molecule has 1 amide bonds. The summed E-state index contributed by atoms with van der Waals surface area (Å²) in [6.45, 7) is 1.90. The van der Waals surface area contributed by atoms with Gasteiger partial charge < -0.3 is 5.32 Å². The van der Waals surface area contributed by atoms with Crippen molar-refractivity contribution < 1.29 is 4.79 Å². The summed E-state index contributed by atoms with van der Waals surface area (Å²) in [7, 11) is 0. The van der Waals surface area contributed by atoms with Crippen LogP contribution in [0.5, 0.6) is 0 Å². The molecule has 0 saturated heterocycles. The predicted octanol–water partition coefficient (Wildman–Crippen LogP) is 6.96. The lowest BCUT2D eigenvalue weighted by atomic mass is 10.1. The van der Waals surface area contributed by atoms with E-state index in [4.69, 9.17) is 23.2 Å². The Labute approximate surface area is 200 Å². The minimum Gasteiger partial charge on any atom is -0.319 e. The predicted molar refractivity (Wildman–Crippen MR) is 133 cm³/mol. The number of anilines is 1. The van der Waals surface area contributed by atoms with Crippen LogP contribution in [0, 0.1) is 6.92 Å². The number of hydrogen-bond acceptors (Lipinski definition) is 3. The number of rotatable bonds is 4. The summed E-state index contributed by atoms with van der Waals surface area (Å²) in [5, 5.41) is 10.7. The fourth-order valence-corrected chi connectivity index (χ4v) is 4.00. The van der Waals surface area contributed by atoms with Gasteiger partial charge in [-0.05, 0) is 60.3 Å². The normalized spacial score (nSPS) is 11.0. The smallest absolute Gasteiger partial charge is 0.295 e. The molecular formula is C26H18Cl2N4O. The number of nitrogens with zero attached hydrogens (tertiary/aromatic N) is 3. The molecule has 5 aromatic rings. The molecule has 5 nitrogen and oxygen atoms in total. The third-order valence-corrected chi connectivity index (χ3v) is 6.08. The molecule has 1 heterocycles. The second-order valence-corrected chi connectivity index (χ2v) is 8.39. The summed E-state index contributed by atoms with van der Waals surface area (Å²) in [4.78, 5) is 17.8. The molecule has 0 unspecified atom stereocenters. The first-order valence-corrected chi connectivity index (χ1v) is 11.0. The summed E-state index contributed by atoms with van der Waals surface area (Å²) in [5.41, 5.74) is 3.04. The van der Waals surface area contributed by atoms with Crippen molar-refractivity contribution in [3.05, 3.63) is 106 Å². The number of carbonyl (C=O) groups excluding carboxylic acids is 1. The van der Waals surface area contributed by atoms with E-state index in [1.807, 2.05) is 79.7 Å². The molecule has 0 spiro atoms. The number of nitrogens with one attached hydrogen (secondary N) is 1. The summed E-state index contributed by atoms with van der Waals surface area (Å²) in [5.74, 6) is 0.160. The van der Waals surface area contributed by atoms with Crippen LogP contribution in [-0.2, 0) is 0 Å². The van der Waals surface area contributed by atoms with Crippen LogP contribution < -0.4 is 5.32 Å². The van der Waals surface area contributed by atoms with Gasteiger partial charge in [-0.25, -0.2) is 9.67 Å². The van der Waals surface area contributed by atoms with Crippen molar-refractivity contribution >= 4 is 45.6 Å². The molecule has 0 bridgehead atoms. The molecule has 4 aromatic carbocycles. The molecule has 7 heteroatoms. The Kier molecular flexibility index (Phi) is 5.58. The van der Waals surface area contributed by atoms with E-state index in [1.165, 1.54) is 0 Å². The second kappa shape index (κ2) is 8.70. The van der Waals surface area contributed by atoms with E-state index in [-0.39, 0.29) is 5.82 Å². The van der Waals surface area contributed by atoms with Gasteiger partial charge in [0.1, 0.15) is 0 Å². The van der Waals surface area contributed by atoms with Gasteiger partial charge in [0, 0.05) is 26.7 Å². The quantitative estimate of drug-likeness (QED) is 0.307. The van der Waals surface area contributed by atoms with E-state index < -0.39 is 5.91 Å². The molecule has 33 heavy (non-hydrogen) atoms. The molecule has 0 aliphatic heterocycles. The van der Waals surface area contributed by atoms with E-state index in [1.54, 1.807) is 16.8 Å². The molecular weight excluding hydrogens is 455 g/mol. The molecule has 1 N–H and O–H groups in total. The van der Waals surface area contributed by atoms with E-state index in [0.29, 0.717) is 21.6 Å². The van der Waals surface area contributed by atoms with Crippen molar-refractivity contribution in [3.8, 4) is 17.1 Å². The maximum atomic E-state index is 13.2. The molecule has 5 rings (SSSR count). The van der Waals surface area contributed by atoms with Crippen LogP contribution in [0.4, 0.5) is 5.69 Å². The fraction of sp³-hybridized carbons (Fsp3) is 0.0385. The highest BCUT2D eigenvalue weighted by molar-refractivity contribution is 6.31. The minimum atomic E-state index is -0.403. The Bertz CT molecular complexity index is 1490. The van der Waals surface area contributed by atoms with Crippen LogP contribution in [0.3, 0.4) is 0 Å². The third kappa shape index (κ3) is 4.09. The van der Waals surface area contributed by atoms with Crippen molar-refractivity contribution in [1.29, 1.82) is 0 Å². The van der Waals surface area contributed by atoms with Crippen LogP contribution in [-0.4, -0.2) is 20.7 Å². The largest absolute Gasteiger partial charge is 0.319 e. The first kappa shape index (κ1) is 21.2. The zero-order chi connectivity index (χ0) is 22.9. The van der Waals surface area contributed by atoms with Gasteiger partial charge in [0.15, 0.2) is 5.82 Å².